The molecule has 0 atom stereocenters. The summed E-state index contributed by atoms with van der Waals surface area (Å²) in [6.45, 7) is 0. The monoisotopic (exact) mass is 513 g/mol. The lowest BCUT2D eigenvalue weighted by atomic mass is 10.1. The number of thiophene rings is 1. The maximum atomic E-state index is 12.6. The smallest absolute Gasteiger partial charge is 0.255 e. The summed E-state index contributed by atoms with van der Waals surface area (Å²) < 4.78 is 0. The maximum absolute atomic E-state index is 12.6. The third kappa shape index (κ3) is 3.91. The van der Waals surface area contributed by atoms with E-state index < -0.39 is 0 Å². The fourth-order valence-corrected chi connectivity index (χ4v) is 5.20. The van der Waals surface area contributed by atoms with E-state index >= 15 is 0 Å². The van der Waals surface area contributed by atoms with E-state index in [2.05, 4.69) is 58.3 Å². The van der Waals surface area contributed by atoms with E-state index in [9.17, 15) is 4.79 Å². The quantitative estimate of drug-likeness (QED) is 0.242. The summed E-state index contributed by atoms with van der Waals surface area (Å²) in [6, 6.07) is 19.1. The zero-order valence-corrected chi connectivity index (χ0v) is 20.7. The number of amides is 1. The molecule has 38 heavy (non-hydrogen) atoms. The fraction of sp³-hybridized carbons (Fsp3) is 0. The van der Waals surface area contributed by atoms with Crippen LogP contribution in [0.1, 0.15) is 10.4 Å². The van der Waals surface area contributed by atoms with Crippen LogP contribution in [0.2, 0.25) is 0 Å². The van der Waals surface area contributed by atoms with E-state index in [1.54, 1.807) is 42.1 Å². The van der Waals surface area contributed by atoms with Gasteiger partial charge in [0.1, 0.15) is 11.3 Å². The fourth-order valence-electron chi connectivity index (χ4n) is 4.55. The van der Waals surface area contributed by atoms with Crippen molar-refractivity contribution in [2.45, 2.75) is 0 Å². The van der Waals surface area contributed by atoms with Gasteiger partial charge < -0.3 is 10.3 Å². The second-order valence-electron chi connectivity index (χ2n) is 8.79. The number of carbonyl (C=O) groups is 1. The van der Waals surface area contributed by atoms with Crippen molar-refractivity contribution in [3.63, 3.8) is 0 Å². The molecular weight excluding hydrogens is 494 g/mol. The highest BCUT2D eigenvalue weighted by Gasteiger charge is 2.16. The van der Waals surface area contributed by atoms with Crippen molar-refractivity contribution in [3.8, 4) is 33.8 Å². The summed E-state index contributed by atoms with van der Waals surface area (Å²) in [5.74, 6) is -0.195. The second kappa shape index (κ2) is 9.06. The highest BCUT2D eigenvalue weighted by molar-refractivity contribution is 7.08. The van der Waals surface area contributed by atoms with E-state index in [-0.39, 0.29) is 5.91 Å². The van der Waals surface area contributed by atoms with Crippen molar-refractivity contribution in [2.75, 3.05) is 5.32 Å². The molecule has 0 aliphatic heterocycles. The van der Waals surface area contributed by atoms with Gasteiger partial charge in [-0.1, -0.05) is 18.2 Å². The summed E-state index contributed by atoms with van der Waals surface area (Å²) in [5, 5.41) is 16.7. The lowest BCUT2D eigenvalue weighted by Gasteiger charge is -2.07. The molecule has 0 unspecified atom stereocenters. The number of aromatic nitrogens is 6. The van der Waals surface area contributed by atoms with Gasteiger partial charge in [0.2, 0.25) is 0 Å². The highest BCUT2D eigenvalue weighted by atomic mass is 32.1. The molecule has 7 aromatic rings. The summed E-state index contributed by atoms with van der Waals surface area (Å²) in [6.07, 6.45) is 6.92. The molecular formula is C29H19N7OS. The summed E-state index contributed by atoms with van der Waals surface area (Å²) in [7, 11) is 0. The Morgan fingerprint density at radius 3 is 2.68 bits per heavy atom. The number of hydrogen-bond donors (Lipinski definition) is 3. The highest BCUT2D eigenvalue weighted by Crippen LogP contribution is 2.34. The molecule has 1 amide bonds. The van der Waals surface area contributed by atoms with E-state index in [4.69, 9.17) is 0 Å². The molecule has 0 radical (unpaired) electrons. The van der Waals surface area contributed by atoms with Crippen molar-refractivity contribution in [1.29, 1.82) is 0 Å². The van der Waals surface area contributed by atoms with Gasteiger partial charge in [0, 0.05) is 34.3 Å². The van der Waals surface area contributed by atoms with E-state index in [1.807, 2.05) is 42.6 Å². The van der Waals surface area contributed by atoms with Crippen molar-refractivity contribution >= 4 is 44.9 Å². The lowest BCUT2D eigenvalue weighted by Crippen LogP contribution is -2.11. The molecule has 0 fully saturated rings. The number of hydrogen-bond acceptors (Lipinski definition) is 6. The Morgan fingerprint density at radius 1 is 0.895 bits per heavy atom. The van der Waals surface area contributed by atoms with Gasteiger partial charge in [-0.25, -0.2) is 4.98 Å². The third-order valence-corrected chi connectivity index (χ3v) is 7.08. The van der Waals surface area contributed by atoms with Gasteiger partial charge in [-0.05, 0) is 64.4 Å². The minimum absolute atomic E-state index is 0.195. The molecule has 0 saturated heterocycles. The zero-order chi connectivity index (χ0) is 25.5. The number of fused-ring (bicyclic) bond motifs is 2. The predicted molar refractivity (Wildman–Crippen MR) is 150 cm³/mol. The maximum Gasteiger partial charge on any atom is 0.255 e. The molecule has 0 aliphatic rings. The average Bonchev–Trinajstić information content (AvgIpc) is 3.73. The van der Waals surface area contributed by atoms with Crippen molar-refractivity contribution in [1.82, 2.24) is 30.1 Å². The zero-order valence-electron chi connectivity index (χ0n) is 19.8. The van der Waals surface area contributed by atoms with Gasteiger partial charge in [-0.2, -0.15) is 16.4 Å². The molecule has 6 aromatic heterocycles. The number of anilines is 1. The number of pyridine rings is 3. The molecule has 7 rings (SSSR count). The minimum atomic E-state index is -0.195. The van der Waals surface area contributed by atoms with Gasteiger partial charge in [0.25, 0.3) is 5.91 Å². The first kappa shape index (κ1) is 22.1. The molecule has 3 N–H and O–H groups in total. The van der Waals surface area contributed by atoms with Gasteiger partial charge in [-0.15, -0.1) is 0 Å². The Balaban J connectivity index is 1.25. The normalized spacial score (nSPS) is 11.3. The second-order valence-corrected chi connectivity index (χ2v) is 9.57. The molecule has 6 heterocycles. The first-order chi connectivity index (χ1) is 18.7. The van der Waals surface area contributed by atoms with Gasteiger partial charge in [0.05, 0.1) is 35.0 Å². The molecule has 182 valence electrons. The van der Waals surface area contributed by atoms with Crippen molar-refractivity contribution in [2.24, 2.45) is 0 Å². The Labute approximate surface area is 220 Å². The van der Waals surface area contributed by atoms with Crippen LogP contribution >= 0.6 is 11.3 Å². The van der Waals surface area contributed by atoms with E-state index in [1.165, 1.54) is 0 Å². The molecule has 1 aromatic carbocycles. The first-order valence-electron chi connectivity index (χ1n) is 11.9. The van der Waals surface area contributed by atoms with Crippen LogP contribution in [0.5, 0.6) is 0 Å². The summed E-state index contributed by atoms with van der Waals surface area (Å²) in [4.78, 5) is 29.5. The number of aromatic amines is 2. The van der Waals surface area contributed by atoms with Crippen LogP contribution in [0.3, 0.4) is 0 Å². The van der Waals surface area contributed by atoms with Crippen LogP contribution in [0.15, 0.2) is 96.2 Å². The molecule has 8 nitrogen and oxygen atoms in total. The van der Waals surface area contributed by atoms with E-state index in [0.29, 0.717) is 11.3 Å². The van der Waals surface area contributed by atoms with Crippen LogP contribution in [-0.2, 0) is 0 Å². The topological polar surface area (TPSA) is 112 Å². The van der Waals surface area contributed by atoms with Gasteiger partial charge in [0.15, 0.2) is 0 Å². The number of carbonyl (C=O) groups excluding carboxylic acids is 1. The Morgan fingerprint density at radius 2 is 1.82 bits per heavy atom. The molecule has 0 saturated carbocycles. The minimum Gasteiger partial charge on any atom is -0.338 e. The van der Waals surface area contributed by atoms with Gasteiger partial charge >= 0.3 is 0 Å². The van der Waals surface area contributed by atoms with Gasteiger partial charge in [-0.3, -0.25) is 19.9 Å². The Hall–Kier alpha value is -5.15. The van der Waals surface area contributed by atoms with Crippen LogP contribution in [-0.4, -0.2) is 36.0 Å². The Kier molecular flexibility index (Phi) is 5.26. The summed E-state index contributed by atoms with van der Waals surface area (Å²) in [5.41, 5.74) is 8.22. The predicted octanol–water partition coefficient (Wildman–Crippen LogP) is 6.54. The largest absolute Gasteiger partial charge is 0.338 e. The molecule has 0 aliphatic carbocycles. The van der Waals surface area contributed by atoms with Crippen LogP contribution in [0, 0.1) is 0 Å². The standard InChI is InChI=1S/C29H19N7OS/c37-29(17-4-2-1-3-5-17)33-20-10-19(13-30-14-20)24-12-23-26(15-32-24)35-36-27(23)25-11-22-21(18-7-9-38-16-18)6-8-31-28(22)34-25/h1-16H,(H,31,34)(H,33,37)(H,35,36). The SMILES string of the molecule is O=C(Nc1cncc(-c2cc3c(-c4cc5c(-c6ccsc6)ccnc5[nH]4)n[nH]c3cn2)c1)c1ccccc1. The van der Waals surface area contributed by atoms with Crippen molar-refractivity contribution in [3.05, 3.63) is 102 Å². The van der Waals surface area contributed by atoms with Crippen molar-refractivity contribution < 1.29 is 4.79 Å². The molecule has 0 bridgehead atoms. The first-order valence-corrected chi connectivity index (χ1v) is 12.8. The Bertz CT molecular complexity index is 1920. The number of nitrogens with zero attached hydrogens (tertiary/aromatic N) is 4. The number of nitrogens with one attached hydrogen (secondary N) is 3. The van der Waals surface area contributed by atoms with Crippen LogP contribution < -0.4 is 5.32 Å². The average molecular weight is 514 g/mol. The number of H-pyrrole nitrogens is 2. The lowest BCUT2D eigenvalue weighted by molar-refractivity contribution is 0.102. The molecule has 0 spiro atoms. The third-order valence-electron chi connectivity index (χ3n) is 6.39. The number of benzene rings is 1. The van der Waals surface area contributed by atoms with E-state index in [0.717, 1.165) is 55.7 Å². The number of rotatable bonds is 5. The van der Waals surface area contributed by atoms with Crippen LogP contribution in [0.25, 0.3) is 55.7 Å². The molecule has 9 heteroatoms. The summed E-state index contributed by atoms with van der Waals surface area (Å²) >= 11 is 1.67. The van der Waals surface area contributed by atoms with Crippen LogP contribution in [0.4, 0.5) is 5.69 Å².